The summed E-state index contributed by atoms with van der Waals surface area (Å²) in [7, 11) is 2.08. The van der Waals surface area contributed by atoms with Gasteiger partial charge in [-0.15, -0.1) is 0 Å². The summed E-state index contributed by atoms with van der Waals surface area (Å²) in [5.41, 5.74) is 5.63. The molecule has 2 rings (SSSR count). The third-order valence-corrected chi connectivity index (χ3v) is 3.00. The van der Waals surface area contributed by atoms with E-state index in [1.807, 2.05) is 0 Å². The SMILES string of the molecule is CN1CC(Nc2ncnc(N)c2Br)C1. The Morgan fingerprint density at radius 1 is 1.57 bits per heavy atom. The molecule has 0 atom stereocenters. The van der Waals surface area contributed by atoms with Gasteiger partial charge in [0.15, 0.2) is 0 Å². The molecule has 0 amide bonds. The zero-order valence-corrected chi connectivity index (χ0v) is 9.45. The molecule has 2 heterocycles. The van der Waals surface area contributed by atoms with E-state index in [-0.39, 0.29) is 0 Å². The van der Waals surface area contributed by atoms with Crippen LogP contribution in [0.15, 0.2) is 10.8 Å². The third kappa shape index (κ3) is 1.80. The Kier molecular flexibility index (Phi) is 2.56. The summed E-state index contributed by atoms with van der Waals surface area (Å²) in [6.07, 6.45) is 1.46. The first kappa shape index (κ1) is 9.67. The molecule has 0 unspecified atom stereocenters. The van der Waals surface area contributed by atoms with Gasteiger partial charge < -0.3 is 16.0 Å². The molecular formula is C8H12BrN5. The number of nitrogens with one attached hydrogen (secondary N) is 1. The Labute approximate surface area is 90.8 Å². The first-order valence-electron chi connectivity index (χ1n) is 4.38. The number of nitrogens with two attached hydrogens (primary N) is 1. The zero-order valence-electron chi connectivity index (χ0n) is 7.87. The van der Waals surface area contributed by atoms with Crippen molar-refractivity contribution >= 4 is 27.6 Å². The van der Waals surface area contributed by atoms with Crippen LogP contribution in [0.4, 0.5) is 11.6 Å². The van der Waals surface area contributed by atoms with Gasteiger partial charge in [0, 0.05) is 13.1 Å². The molecule has 1 fully saturated rings. The lowest BCUT2D eigenvalue weighted by Gasteiger charge is -2.37. The zero-order chi connectivity index (χ0) is 10.1. The van der Waals surface area contributed by atoms with Crippen LogP contribution in [0.3, 0.4) is 0 Å². The highest BCUT2D eigenvalue weighted by Crippen LogP contribution is 2.25. The van der Waals surface area contributed by atoms with Crippen molar-refractivity contribution in [2.45, 2.75) is 6.04 Å². The van der Waals surface area contributed by atoms with E-state index in [2.05, 4.69) is 43.2 Å². The number of aromatic nitrogens is 2. The minimum Gasteiger partial charge on any atom is -0.383 e. The van der Waals surface area contributed by atoms with E-state index in [1.165, 1.54) is 6.33 Å². The van der Waals surface area contributed by atoms with Gasteiger partial charge in [-0.05, 0) is 23.0 Å². The van der Waals surface area contributed by atoms with Gasteiger partial charge in [0.25, 0.3) is 0 Å². The fraction of sp³-hybridized carbons (Fsp3) is 0.500. The maximum atomic E-state index is 5.63. The van der Waals surface area contributed by atoms with E-state index in [4.69, 9.17) is 5.73 Å². The maximum absolute atomic E-state index is 5.63. The van der Waals surface area contributed by atoms with E-state index in [9.17, 15) is 0 Å². The second-order valence-corrected chi connectivity index (χ2v) is 4.28. The molecular weight excluding hydrogens is 246 g/mol. The largest absolute Gasteiger partial charge is 0.383 e. The second kappa shape index (κ2) is 3.70. The van der Waals surface area contributed by atoms with Crippen molar-refractivity contribution in [3.05, 3.63) is 10.8 Å². The Balaban J connectivity index is 2.06. The molecule has 3 N–H and O–H groups in total. The summed E-state index contributed by atoms with van der Waals surface area (Å²) < 4.78 is 0.745. The van der Waals surface area contributed by atoms with Crippen LogP contribution in [-0.2, 0) is 0 Å². The van der Waals surface area contributed by atoms with Crippen LogP contribution in [0, 0.1) is 0 Å². The standard InChI is InChI=1S/C8H12BrN5/c1-14-2-5(3-14)13-8-6(9)7(10)11-4-12-8/h4-5H,2-3H2,1H3,(H3,10,11,12,13). The summed E-state index contributed by atoms with van der Waals surface area (Å²) >= 11 is 3.35. The molecule has 0 aliphatic carbocycles. The predicted octanol–water partition coefficient (Wildman–Crippen LogP) is 0.547. The molecule has 14 heavy (non-hydrogen) atoms. The number of likely N-dealkylation sites (N-methyl/N-ethyl adjacent to an activating group) is 1. The lowest BCUT2D eigenvalue weighted by atomic mass is 10.1. The van der Waals surface area contributed by atoms with Crippen molar-refractivity contribution in [2.24, 2.45) is 0 Å². The molecule has 0 aromatic carbocycles. The van der Waals surface area contributed by atoms with Gasteiger partial charge in [0.1, 0.15) is 22.4 Å². The van der Waals surface area contributed by atoms with E-state index < -0.39 is 0 Å². The summed E-state index contributed by atoms with van der Waals surface area (Å²) in [4.78, 5) is 10.2. The van der Waals surface area contributed by atoms with Gasteiger partial charge in [0.05, 0.1) is 6.04 Å². The van der Waals surface area contributed by atoms with Crippen LogP contribution in [0.25, 0.3) is 0 Å². The Hall–Kier alpha value is -0.880. The number of halogens is 1. The topological polar surface area (TPSA) is 67.1 Å². The number of nitrogen functional groups attached to an aromatic ring is 1. The number of hydrogen-bond acceptors (Lipinski definition) is 5. The number of likely N-dealkylation sites (tertiary alicyclic amines) is 1. The minimum atomic E-state index is 0.464. The van der Waals surface area contributed by atoms with Crippen molar-refractivity contribution < 1.29 is 0 Å². The molecule has 1 aromatic heterocycles. The molecule has 1 aromatic rings. The monoisotopic (exact) mass is 257 g/mol. The lowest BCUT2D eigenvalue weighted by Crippen LogP contribution is -2.52. The van der Waals surface area contributed by atoms with E-state index >= 15 is 0 Å². The lowest BCUT2D eigenvalue weighted by molar-refractivity contribution is 0.205. The summed E-state index contributed by atoms with van der Waals surface area (Å²) in [6, 6.07) is 0.464. The van der Waals surface area contributed by atoms with Crippen LogP contribution < -0.4 is 11.1 Å². The van der Waals surface area contributed by atoms with Gasteiger partial charge in [0.2, 0.25) is 0 Å². The normalized spacial score (nSPS) is 17.9. The minimum absolute atomic E-state index is 0.464. The Bertz CT molecular complexity index is 337. The summed E-state index contributed by atoms with van der Waals surface area (Å²) in [5.74, 6) is 1.24. The van der Waals surface area contributed by atoms with E-state index in [0.29, 0.717) is 11.9 Å². The molecule has 0 bridgehead atoms. The molecule has 76 valence electrons. The molecule has 5 nitrogen and oxygen atoms in total. The number of anilines is 2. The number of nitrogens with zero attached hydrogens (tertiary/aromatic N) is 3. The first-order chi connectivity index (χ1) is 6.66. The van der Waals surface area contributed by atoms with E-state index in [0.717, 1.165) is 23.4 Å². The predicted molar refractivity (Wildman–Crippen MR) is 59.1 cm³/mol. The van der Waals surface area contributed by atoms with Gasteiger partial charge in [-0.1, -0.05) is 0 Å². The Morgan fingerprint density at radius 3 is 2.93 bits per heavy atom. The summed E-state index contributed by atoms with van der Waals surface area (Å²) in [5, 5.41) is 3.30. The van der Waals surface area contributed by atoms with Crippen LogP contribution in [-0.4, -0.2) is 41.0 Å². The second-order valence-electron chi connectivity index (χ2n) is 3.48. The molecule has 1 saturated heterocycles. The molecule has 1 aliphatic rings. The van der Waals surface area contributed by atoms with Crippen LogP contribution in [0.1, 0.15) is 0 Å². The number of rotatable bonds is 2. The third-order valence-electron chi connectivity index (χ3n) is 2.22. The molecule has 0 saturated carbocycles. The summed E-state index contributed by atoms with van der Waals surface area (Å²) in [6.45, 7) is 2.08. The van der Waals surface area contributed by atoms with Crippen molar-refractivity contribution in [3.63, 3.8) is 0 Å². The quantitative estimate of drug-likeness (QED) is 0.810. The van der Waals surface area contributed by atoms with Gasteiger partial charge in [-0.3, -0.25) is 0 Å². The molecule has 6 heteroatoms. The van der Waals surface area contributed by atoms with Crippen molar-refractivity contribution in [1.82, 2.24) is 14.9 Å². The fourth-order valence-electron chi connectivity index (χ4n) is 1.47. The van der Waals surface area contributed by atoms with Gasteiger partial charge in [-0.2, -0.15) is 0 Å². The average molecular weight is 258 g/mol. The van der Waals surface area contributed by atoms with Gasteiger partial charge >= 0.3 is 0 Å². The van der Waals surface area contributed by atoms with Crippen molar-refractivity contribution in [3.8, 4) is 0 Å². The Morgan fingerprint density at radius 2 is 2.29 bits per heavy atom. The highest BCUT2D eigenvalue weighted by Gasteiger charge is 2.23. The van der Waals surface area contributed by atoms with Crippen LogP contribution in [0.5, 0.6) is 0 Å². The molecule has 1 aliphatic heterocycles. The van der Waals surface area contributed by atoms with E-state index in [1.54, 1.807) is 0 Å². The average Bonchev–Trinajstić information content (AvgIpc) is 2.10. The highest BCUT2D eigenvalue weighted by atomic mass is 79.9. The molecule has 0 spiro atoms. The van der Waals surface area contributed by atoms with Crippen molar-refractivity contribution in [2.75, 3.05) is 31.2 Å². The maximum Gasteiger partial charge on any atom is 0.146 e. The number of hydrogen-bond donors (Lipinski definition) is 2. The van der Waals surface area contributed by atoms with Crippen molar-refractivity contribution in [1.29, 1.82) is 0 Å². The van der Waals surface area contributed by atoms with Crippen LogP contribution >= 0.6 is 15.9 Å². The van der Waals surface area contributed by atoms with Gasteiger partial charge in [-0.25, -0.2) is 9.97 Å². The fourth-order valence-corrected chi connectivity index (χ4v) is 1.79. The first-order valence-corrected chi connectivity index (χ1v) is 5.17. The smallest absolute Gasteiger partial charge is 0.146 e. The van der Waals surface area contributed by atoms with Crippen LogP contribution in [0.2, 0.25) is 0 Å². The molecule has 0 radical (unpaired) electrons. The highest BCUT2D eigenvalue weighted by molar-refractivity contribution is 9.10.